The number of nitrogens with two attached hydrogens (primary N) is 1. The average molecular weight is 301 g/mol. The SMILES string of the molecule is CCc1ccsc1C(N)c1ccc(C(C)C)cc1C(C)C. The van der Waals surface area contributed by atoms with Crippen molar-refractivity contribution in [2.24, 2.45) is 5.73 Å². The standard InChI is InChI=1S/C19H27NS/c1-6-14-9-10-21-19(14)18(20)16-8-7-15(12(2)3)11-17(16)13(4)5/h7-13,18H,6,20H2,1-5H3. The number of rotatable bonds is 5. The Morgan fingerprint density at radius 1 is 1.00 bits per heavy atom. The van der Waals surface area contributed by atoms with Gasteiger partial charge < -0.3 is 5.73 Å². The molecule has 1 atom stereocenters. The molecule has 0 bridgehead atoms. The zero-order chi connectivity index (χ0) is 15.6. The number of thiophene rings is 1. The Bertz CT molecular complexity index is 595. The van der Waals surface area contributed by atoms with Gasteiger partial charge in [-0.15, -0.1) is 11.3 Å². The number of benzene rings is 1. The van der Waals surface area contributed by atoms with Crippen LogP contribution < -0.4 is 5.73 Å². The van der Waals surface area contributed by atoms with E-state index in [0.29, 0.717) is 11.8 Å². The van der Waals surface area contributed by atoms with E-state index in [9.17, 15) is 0 Å². The third kappa shape index (κ3) is 3.38. The predicted octanol–water partition coefficient (Wildman–Crippen LogP) is 5.61. The van der Waals surface area contributed by atoms with Gasteiger partial charge in [0.05, 0.1) is 6.04 Å². The molecule has 2 rings (SSSR count). The second-order valence-corrected chi connectivity index (χ2v) is 7.29. The van der Waals surface area contributed by atoms with Crippen LogP contribution in [0.4, 0.5) is 0 Å². The first-order chi connectivity index (χ1) is 9.95. The topological polar surface area (TPSA) is 26.0 Å². The molecule has 2 aromatic rings. The van der Waals surface area contributed by atoms with Crippen molar-refractivity contribution in [1.82, 2.24) is 0 Å². The quantitative estimate of drug-likeness (QED) is 0.763. The van der Waals surface area contributed by atoms with Crippen molar-refractivity contribution in [1.29, 1.82) is 0 Å². The molecule has 0 radical (unpaired) electrons. The Kier molecular flexibility index (Phi) is 5.23. The molecule has 0 aliphatic rings. The maximum Gasteiger partial charge on any atom is 0.0651 e. The van der Waals surface area contributed by atoms with E-state index in [-0.39, 0.29) is 6.04 Å². The highest BCUT2D eigenvalue weighted by Gasteiger charge is 2.19. The van der Waals surface area contributed by atoms with E-state index in [1.165, 1.54) is 27.1 Å². The van der Waals surface area contributed by atoms with Gasteiger partial charge in [0.25, 0.3) is 0 Å². The van der Waals surface area contributed by atoms with Gasteiger partial charge in [-0.25, -0.2) is 0 Å². The lowest BCUT2D eigenvalue weighted by molar-refractivity contribution is 0.783. The second kappa shape index (κ2) is 6.76. The third-order valence-electron chi connectivity index (χ3n) is 4.18. The molecule has 1 heterocycles. The summed E-state index contributed by atoms with van der Waals surface area (Å²) in [6.07, 6.45) is 1.05. The normalized spacial score (nSPS) is 13.1. The lowest BCUT2D eigenvalue weighted by Crippen LogP contribution is -2.15. The van der Waals surface area contributed by atoms with E-state index < -0.39 is 0 Å². The Morgan fingerprint density at radius 2 is 1.71 bits per heavy atom. The molecule has 0 fully saturated rings. The maximum absolute atomic E-state index is 6.61. The van der Waals surface area contributed by atoms with Crippen LogP contribution in [0.3, 0.4) is 0 Å². The van der Waals surface area contributed by atoms with E-state index in [4.69, 9.17) is 5.73 Å². The smallest absolute Gasteiger partial charge is 0.0651 e. The van der Waals surface area contributed by atoms with Crippen LogP contribution in [-0.2, 0) is 6.42 Å². The Morgan fingerprint density at radius 3 is 2.29 bits per heavy atom. The summed E-state index contributed by atoms with van der Waals surface area (Å²) in [6, 6.07) is 9.04. The van der Waals surface area contributed by atoms with Crippen molar-refractivity contribution in [3.63, 3.8) is 0 Å². The minimum atomic E-state index is -0.00133. The summed E-state index contributed by atoms with van der Waals surface area (Å²) in [6.45, 7) is 11.2. The molecule has 0 spiro atoms. The molecule has 0 saturated heterocycles. The van der Waals surface area contributed by atoms with Crippen LogP contribution in [0.2, 0.25) is 0 Å². The molecule has 21 heavy (non-hydrogen) atoms. The van der Waals surface area contributed by atoms with Crippen LogP contribution in [0.5, 0.6) is 0 Å². The van der Waals surface area contributed by atoms with Gasteiger partial charge in [0.2, 0.25) is 0 Å². The summed E-state index contributed by atoms with van der Waals surface area (Å²) in [5, 5.41) is 2.16. The van der Waals surface area contributed by atoms with E-state index in [2.05, 4.69) is 64.3 Å². The van der Waals surface area contributed by atoms with Crippen molar-refractivity contribution >= 4 is 11.3 Å². The van der Waals surface area contributed by atoms with Gasteiger partial charge in [0, 0.05) is 4.88 Å². The van der Waals surface area contributed by atoms with E-state index in [0.717, 1.165) is 6.42 Å². The first kappa shape index (κ1) is 16.3. The van der Waals surface area contributed by atoms with Crippen LogP contribution in [-0.4, -0.2) is 0 Å². The van der Waals surface area contributed by atoms with Crippen molar-refractivity contribution in [3.8, 4) is 0 Å². The summed E-state index contributed by atoms with van der Waals surface area (Å²) in [5.74, 6) is 1.05. The Balaban J connectivity index is 2.47. The molecule has 0 amide bonds. The van der Waals surface area contributed by atoms with Crippen LogP contribution in [0.15, 0.2) is 29.6 Å². The van der Waals surface area contributed by atoms with Crippen molar-refractivity contribution in [2.45, 2.75) is 58.9 Å². The van der Waals surface area contributed by atoms with Crippen LogP contribution in [0, 0.1) is 0 Å². The van der Waals surface area contributed by atoms with Gasteiger partial charge >= 0.3 is 0 Å². The fourth-order valence-corrected chi connectivity index (χ4v) is 3.81. The van der Waals surface area contributed by atoms with E-state index >= 15 is 0 Å². The summed E-state index contributed by atoms with van der Waals surface area (Å²) in [5.41, 5.74) is 12.1. The lowest BCUT2D eigenvalue weighted by atomic mass is 9.88. The van der Waals surface area contributed by atoms with Crippen molar-refractivity contribution in [2.75, 3.05) is 0 Å². The molecule has 1 unspecified atom stereocenters. The fourth-order valence-electron chi connectivity index (χ4n) is 2.79. The number of aryl methyl sites for hydroxylation is 1. The summed E-state index contributed by atoms with van der Waals surface area (Å²) >= 11 is 1.78. The summed E-state index contributed by atoms with van der Waals surface area (Å²) in [4.78, 5) is 1.32. The lowest BCUT2D eigenvalue weighted by Gasteiger charge is -2.21. The molecule has 1 nitrogen and oxygen atoms in total. The van der Waals surface area contributed by atoms with Crippen molar-refractivity contribution < 1.29 is 0 Å². The third-order valence-corrected chi connectivity index (χ3v) is 5.22. The van der Waals surface area contributed by atoms with Gasteiger partial charge in [0.1, 0.15) is 0 Å². The highest BCUT2D eigenvalue weighted by atomic mass is 32.1. The van der Waals surface area contributed by atoms with Gasteiger partial charge in [0.15, 0.2) is 0 Å². The first-order valence-corrected chi connectivity index (χ1v) is 8.79. The minimum Gasteiger partial charge on any atom is -0.320 e. The molecule has 0 saturated carbocycles. The largest absolute Gasteiger partial charge is 0.320 e. The minimum absolute atomic E-state index is 0.00133. The highest BCUT2D eigenvalue weighted by molar-refractivity contribution is 7.10. The van der Waals surface area contributed by atoms with Crippen LogP contribution >= 0.6 is 11.3 Å². The molecule has 2 heteroatoms. The fraction of sp³-hybridized carbons (Fsp3) is 0.474. The Hall–Kier alpha value is -1.12. The van der Waals surface area contributed by atoms with Gasteiger partial charge in [-0.05, 0) is 52.0 Å². The molecule has 1 aromatic heterocycles. The van der Waals surface area contributed by atoms with Gasteiger partial charge in [-0.1, -0.05) is 52.8 Å². The Labute approximate surface area is 133 Å². The molecular weight excluding hydrogens is 274 g/mol. The highest BCUT2D eigenvalue weighted by Crippen LogP contribution is 2.34. The maximum atomic E-state index is 6.61. The van der Waals surface area contributed by atoms with Crippen molar-refractivity contribution in [3.05, 3.63) is 56.8 Å². The van der Waals surface area contributed by atoms with Crippen LogP contribution in [0.25, 0.3) is 0 Å². The monoisotopic (exact) mass is 301 g/mol. The summed E-state index contributed by atoms with van der Waals surface area (Å²) < 4.78 is 0. The molecule has 0 aliphatic carbocycles. The molecule has 0 aliphatic heterocycles. The second-order valence-electron chi connectivity index (χ2n) is 6.34. The molecule has 2 N–H and O–H groups in total. The van der Waals surface area contributed by atoms with Crippen LogP contribution in [0.1, 0.15) is 79.6 Å². The molecule has 114 valence electrons. The number of hydrogen-bond donors (Lipinski definition) is 1. The van der Waals surface area contributed by atoms with E-state index in [1.54, 1.807) is 11.3 Å². The first-order valence-electron chi connectivity index (χ1n) is 7.91. The van der Waals surface area contributed by atoms with Gasteiger partial charge in [-0.3, -0.25) is 0 Å². The van der Waals surface area contributed by atoms with Gasteiger partial charge in [-0.2, -0.15) is 0 Å². The zero-order valence-corrected chi connectivity index (χ0v) is 14.6. The molecular formula is C19H27NS. The average Bonchev–Trinajstić information content (AvgIpc) is 2.94. The zero-order valence-electron chi connectivity index (χ0n) is 13.8. The summed E-state index contributed by atoms with van der Waals surface area (Å²) in [7, 11) is 0. The predicted molar refractivity (Wildman–Crippen MR) is 94.3 cm³/mol. The van der Waals surface area contributed by atoms with E-state index in [1.807, 2.05) is 0 Å². The molecule has 1 aromatic carbocycles. The number of hydrogen-bond acceptors (Lipinski definition) is 2.